The number of amides is 1. The second-order valence-corrected chi connectivity index (χ2v) is 9.46. The SMILES string of the molecule is Cc1nc(C)c(C(=O)N2[C@H]3CC[C@H]2CC(O)(Cn2ccc4ccncc42)C3)s1. The Balaban J connectivity index is 1.39. The second-order valence-electron chi connectivity index (χ2n) is 8.26. The van der Waals surface area contributed by atoms with Crippen LogP contribution in [0.3, 0.4) is 0 Å². The van der Waals surface area contributed by atoms with E-state index in [1.54, 1.807) is 6.20 Å². The predicted molar refractivity (Wildman–Crippen MR) is 108 cm³/mol. The van der Waals surface area contributed by atoms with E-state index in [-0.39, 0.29) is 18.0 Å². The Hall–Kier alpha value is -2.25. The van der Waals surface area contributed by atoms with Crippen molar-refractivity contribution < 1.29 is 9.90 Å². The van der Waals surface area contributed by atoms with Crippen LogP contribution in [-0.4, -0.2) is 48.1 Å². The number of hydrogen-bond acceptors (Lipinski definition) is 5. The van der Waals surface area contributed by atoms with Gasteiger partial charge in [0.05, 0.1) is 34.6 Å². The Morgan fingerprint density at radius 2 is 2.04 bits per heavy atom. The molecule has 28 heavy (non-hydrogen) atoms. The summed E-state index contributed by atoms with van der Waals surface area (Å²) in [5, 5.41) is 13.5. The number of aliphatic hydroxyl groups is 1. The predicted octanol–water partition coefficient (Wildman–Crippen LogP) is 3.31. The number of nitrogens with zero attached hydrogens (tertiary/aromatic N) is 4. The highest BCUT2D eigenvalue weighted by Crippen LogP contribution is 2.43. The minimum absolute atomic E-state index is 0.0910. The summed E-state index contributed by atoms with van der Waals surface area (Å²) in [4.78, 5) is 24.6. The van der Waals surface area contributed by atoms with Crippen LogP contribution in [0.25, 0.3) is 10.9 Å². The van der Waals surface area contributed by atoms with E-state index in [1.807, 2.05) is 37.2 Å². The molecular weight excluding hydrogens is 372 g/mol. The van der Waals surface area contributed by atoms with Gasteiger partial charge in [0.15, 0.2) is 0 Å². The molecule has 3 aromatic rings. The van der Waals surface area contributed by atoms with Gasteiger partial charge in [-0.2, -0.15) is 0 Å². The number of hydrogen-bond donors (Lipinski definition) is 1. The Bertz CT molecular complexity index is 1040. The lowest BCUT2D eigenvalue weighted by atomic mass is 9.85. The molecule has 0 radical (unpaired) electrons. The number of piperidine rings is 1. The molecule has 2 aliphatic heterocycles. The van der Waals surface area contributed by atoms with E-state index in [4.69, 9.17) is 0 Å². The molecule has 2 saturated heterocycles. The second kappa shape index (κ2) is 6.39. The summed E-state index contributed by atoms with van der Waals surface area (Å²) in [5.74, 6) is 0.0910. The molecule has 0 spiro atoms. The van der Waals surface area contributed by atoms with E-state index in [1.165, 1.54) is 11.3 Å². The van der Waals surface area contributed by atoms with Gasteiger partial charge in [-0.1, -0.05) is 0 Å². The van der Waals surface area contributed by atoms with Gasteiger partial charge >= 0.3 is 0 Å². The first-order valence-corrected chi connectivity index (χ1v) is 10.6. The first-order valence-electron chi connectivity index (χ1n) is 9.81. The highest BCUT2D eigenvalue weighted by molar-refractivity contribution is 7.13. The number of carbonyl (C=O) groups is 1. The fourth-order valence-corrected chi connectivity index (χ4v) is 5.98. The van der Waals surface area contributed by atoms with Crippen molar-refractivity contribution in [3.8, 4) is 0 Å². The van der Waals surface area contributed by atoms with Crippen molar-refractivity contribution in [2.75, 3.05) is 0 Å². The fraction of sp³-hybridized carbons (Fsp3) is 0.476. The maximum absolute atomic E-state index is 13.2. The Morgan fingerprint density at radius 3 is 2.71 bits per heavy atom. The summed E-state index contributed by atoms with van der Waals surface area (Å²) < 4.78 is 2.09. The fourth-order valence-electron chi connectivity index (χ4n) is 5.11. The molecule has 2 bridgehead atoms. The summed E-state index contributed by atoms with van der Waals surface area (Å²) in [6.45, 7) is 4.38. The normalized spacial score (nSPS) is 26.9. The molecule has 5 heterocycles. The quantitative estimate of drug-likeness (QED) is 0.737. The highest BCUT2D eigenvalue weighted by Gasteiger charge is 2.50. The smallest absolute Gasteiger partial charge is 0.266 e. The van der Waals surface area contributed by atoms with Gasteiger partial charge < -0.3 is 14.6 Å². The first-order chi connectivity index (χ1) is 13.4. The van der Waals surface area contributed by atoms with Gasteiger partial charge in [0.25, 0.3) is 5.91 Å². The molecule has 0 saturated carbocycles. The Labute approximate surface area is 167 Å². The molecule has 1 amide bonds. The van der Waals surface area contributed by atoms with Crippen LogP contribution in [0.1, 0.15) is 46.1 Å². The maximum atomic E-state index is 13.2. The number of carbonyl (C=O) groups excluding carboxylic acids is 1. The van der Waals surface area contributed by atoms with Gasteiger partial charge in [0.1, 0.15) is 4.88 Å². The molecule has 146 valence electrons. The van der Waals surface area contributed by atoms with E-state index < -0.39 is 5.60 Å². The van der Waals surface area contributed by atoms with Crippen LogP contribution in [-0.2, 0) is 6.54 Å². The van der Waals surface area contributed by atoms with Gasteiger partial charge in [-0.05, 0) is 51.7 Å². The van der Waals surface area contributed by atoms with E-state index in [0.29, 0.717) is 19.4 Å². The van der Waals surface area contributed by atoms with Crippen molar-refractivity contribution >= 4 is 28.1 Å². The lowest BCUT2D eigenvalue weighted by molar-refractivity contribution is -0.0532. The minimum Gasteiger partial charge on any atom is -0.388 e. The summed E-state index contributed by atoms with van der Waals surface area (Å²) in [7, 11) is 0. The van der Waals surface area contributed by atoms with Crippen LogP contribution in [0.4, 0.5) is 0 Å². The number of aromatic nitrogens is 3. The molecule has 3 aromatic heterocycles. The average Bonchev–Trinajstić information content (AvgIpc) is 3.29. The molecule has 5 rings (SSSR count). The van der Waals surface area contributed by atoms with Crippen molar-refractivity contribution in [3.05, 3.63) is 46.3 Å². The third-order valence-electron chi connectivity index (χ3n) is 6.22. The van der Waals surface area contributed by atoms with Crippen molar-refractivity contribution in [1.82, 2.24) is 19.4 Å². The molecular formula is C21H24N4O2S. The monoisotopic (exact) mass is 396 g/mol. The van der Waals surface area contributed by atoms with E-state index in [2.05, 4.69) is 20.6 Å². The van der Waals surface area contributed by atoms with Crippen molar-refractivity contribution in [3.63, 3.8) is 0 Å². The summed E-state index contributed by atoms with van der Waals surface area (Å²) >= 11 is 1.48. The number of pyridine rings is 1. The maximum Gasteiger partial charge on any atom is 0.266 e. The zero-order valence-electron chi connectivity index (χ0n) is 16.1. The molecule has 2 atom stereocenters. The van der Waals surface area contributed by atoms with Crippen LogP contribution in [0.2, 0.25) is 0 Å². The van der Waals surface area contributed by atoms with E-state index in [9.17, 15) is 9.90 Å². The van der Waals surface area contributed by atoms with Crippen molar-refractivity contribution in [2.45, 2.75) is 63.8 Å². The van der Waals surface area contributed by atoms with Crippen LogP contribution >= 0.6 is 11.3 Å². The Kier molecular flexibility index (Phi) is 4.07. The molecule has 1 N–H and O–H groups in total. The van der Waals surface area contributed by atoms with Gasteiger partial charge in [0, 0.05) is 29.9 Å². The van der Waals surface area contributed by atoms with Crippen LogP contribution in [0.5, 0.6) is 0 Å². The molecule has 2 aliphatic rings. The van der Waals surface area contributed by atoms with E-state index in [0.717, 1.165) is 39.3 Å². The minimum atomic E-state index is -0.803. The van der Waals surface area contributed by atoms with Crippen molar-refractivity contribution in [1.29, 1.82) is 0 Å². The number of thiazole rings is 1. The van der Waals surface area contributed by atoms with Gasteiger partial charge in [-0.15, -0.1) is 11.3 Å². The molecule has 7 heteroatoms. The topological polar surface area (TPSA) is 71.2 Å². The van der Waals surface area contributed by atoms with Crippen LogP contribution in [0.15, 0.2) is 30.7 Å². The van der Waals surface area contributed by atoms with Gasteiger partial charge in [-0.3, -0.25) is 9.78 Å². The van der Waals surface area contributed by atoms with Crippen molar-refractivity contribution in [2.24, 2.45) is 0 Å². The third kappa shape index (κ3) is 2.84. The number of fused-ring (bicyclic) bond motifs is 3. The highest BCUT2D eigenvalue weighted by atomic mass is 32.1. The summed E-state index contributed by atoms with van der Waals surface area (Å²) in [6, 6.07) is 4.24. The number of rotatable bonds is 3. The summed E-state index contributed by atoms with van der Waals surface area (Å²) in [5.41, 5.74) is 1.06. The van der Waals surface area contributed by atoms with Crippen LogP contribution in [0, 0.1) is 13.8 Å². The largest absolute Gasteiger partial charge is 0.388 e. The molecule has 0 aromatic carbocycles. The lowest BCUT2D eigenvalue weighted by Crippen LogP contribution is -2.54. The third-order valence-corrected chi connectivity index (χ3v) is 7.29. The standard InChI is InChI=1S/C21H24N4O2S/c1-13-19(28-14(2)23-13)20(26)25-16-3-4-17(25)10-21(27,9-16)12-24-8-6-15-5-7-22-11-18(15)24/h5-8,11,16-17,27H,3-4,9-10,12H2,1-2H3/t16-,17-/m0/s1. The molecule has 0 aliphatic carbocycles. The zero-order valence-corrected chi connectivity index (χ0v) is 16.9. The van der Waals surface area contributed by atoms with E-state index >= 15 is 0 Å². The van der Waals surface area contributed by atoms with Gasteiger partial charge in [-0.25, -0.2) is 4.98 Å². The zero-order chi connectivity index (χ0) is 19.5. The van der Waals surface area contributed by atoms with Gasteiger partial charge in [0.2, 0.25) is 0 Å². The first kappa shape index (κ1) is 17.8. The molecule has 2 fully saturated rings. The summed E-state index contributed by atoms with van der Waals surface area (Å²) in [6.07, 6.45) is 8.81. The molecule has 6 nitrogen and oxygen atoms in total. The number of aryl methyl sites for hydroxylation is 2. The Morgan fingerprint density at radius 1 is 1.29 bits per heavy atom. The molecule has 0 unspecified atom stereocenters. The average molecular weight is 397 g/mol. The lowest BCUT2D eigenvalue weighted by Gasteiger charge is -2.44. The van der Waals surface area contributed by atoms with Crippen LogP contribution < -0.4 is 0 Å².